The van der Waals surface area contributed by atoms with Gasteiger partial charge in [-0.3, -0.25) is 0 Å². The summed E-state index contributed by atoms with van der Waals surface area (Å²) in [5, 5.41) is 9.31. The largest absolute Gasteiger partial charge is 0.357 e. The summed E-state index contributed by atoms with van der Waals surface area (Å²) in [6, 6.07) is 8.33. The second kappa shape index (κ2) is 10.4. The highest BCUT2D eigenvalue weighted by Crippen LogP contribution is 2.18. The molecule has 7 nitrogen and oxygen atoms in total. The number of rotatable bonds is 9. The Labute approximate surface area is 165 Å². The van der Waals surface area contributed by atoms with Gasteiger partial charge in [0.05, 0.1) is 17.1 Å². The van der Waals surface area contributed by atoms with Crippen molar-refractivity contribution in [3.63, 3.8) is 0 Å². The van der Waals surface area contributed by atoms with Crippen LogP contribution < -0.4 is 15.4 Å². The Morgan fingerprint density at radius 3 is 2.56 bits per heavy atom. The third-order valence-corrected chi connectivity index (χ3v) is 5.97. The number of sulfonamides is 1. The summed E-state index contributed by atoms with van der Waals surface area (Å²) in [5.74, 6) is 1.04. The maximum absolute atomic E-state index is 12.2. The molecule has 0 aliphatic rings. The van der Waals surface area contributed by atoms with Crippen molar-refractivity contribution in [3.8, 4) is 0 Å². The molecule has 2 aromatic rings. The third kappa shape index (κ3) is 6.93. The van der Waals surface area contributed by atoms with E-state index in [1.165, 1.54) is 0 Å². The Morgan fingerprint density at radius 2 is 1.93 bits per heavy atom. The van der Waals surface area contributed by atoms with Crippen LogP contribution in [0.5, 0.6) is 0 Å². The van der Waals surface area contributed by atoms with Crippen molar-refractivity contribution in [1.82, 2.24) is 20.3 Å². The van der Waals surface area contributed by atoms with Crippen molar-refractivity contribution < 1.29 is 8.42 Å². The predicted octanol–water partition coefficient (Wildman–Crippen LogP) is 2.30. The summed E-state index contributed by atoms with van der Waals surface area (Å²) in [6.07, 6.45) is 0. The molecule has 3 N–H and O–H groups in total. The van der Waals surface area contributed by atoms with Crippen molar-refractivity contribution in [2.45, 2.75) is 38.1 Å². The molecule has 0 aliphatic carbocycles. The fraction of sp³-hybridized carbons (Fsp3) is 0.444. The zero-order valence-corrected chi connectivity index (χ0v) is 17.5. The number of nitrogens with zero attached hydrogens (tertiary/aromatic N) is 2. The summed E-state index contributed by atoms with van der Waals surface area (Å²) in [5.41, 5.74) is 1.08. The monoisotopic (exact) mass is 409 g/mol. The molecule has 0 saturated heterocycles. The summed E-state index contributed by atoms with van der Waals surface area (Å²) >= 11 is 1.60. The van der Waals surface area contributed by atoms with Gasteiger partial charge in [0, 0.05) is 25.0 Å². The number of hydrogen-bond donors (Lipinski definition) is 3. The molecule has 1 aromatic carbocycles. The molecular weight excluding hydrogens is 382 g/mol. The fourth-order valence-electron chi connectivity index (χ4n) is 2.20. The van der Waals surface area contributed by atoms with Crippen molar-refractivity contribution in [2.24, 2.45) is 4.99 Å². The van der Waals surface area contributed by atoms with E-state index in [1.807, 2.05) is 6.92 Å². The van der Waals surface area contributed by atoms with Gasteiger partial charge in [-0.1, -0.05) is 32.0 Å². The summed E-state index contributed by atoms with van der Waals surface area (Å²) in [4.78, 5) is 9.34. The first-order valence-corrected chi connectivity index (χ1v) is 11.3. The highest BCUT2D eigenvalue weighted by atomic mass is 32.2. The van der Waals surface area contributed by atoms with Crippen LogP contribution in [0.2, 0.25) is 0 Å². The van der Waals surface area contributed by atoms with Crippen LogP contribution in [0.4, 0.5) is 0 Å². The van der Waals surface area contributed by atoms with E-state index in [1.54, 1.807) is 41.7 Å². The van der Waals surface area contributed by atoms with Crippen LogP contribution in [0.25, 0.3) is 0 Å². The number of benzene rings is 1. The average molecular weight is 410 g/mol. The topological polar surface area (TPSA) is 95.5 Å². The van der Waals surface area contributed by atoms with Crippen molar-refractivity contribution in [2.75, 3.05) is 19.6 Å². The van der Waals surface area contributed by atoms with Gasteiger partial charge >= 0.3 is 0 Å². The van der Waals surface area contributed by atoms with Gasteiger partial charge in [-0.15, -0.1) is 11.3 Å². The van der Waals surface area contributed by atoms with Gasteiger partial charge in [0.25, 0.3) is 0 Å². The number of aliphatic imine (C=N–C) groups is 1. The number of hydrogen-bond acceptors (Lipinski definition) is 5. The maximum atomic E-state index is 12.2. The molecule has 0 radical (unpaired) electrons. The maximum Gasteiger partial charge on any atom is 0.240 e. The SMILES string of the molecule is CCNC(=NCc1nc(C(C)C)cs1)NCCNS(=O)(=O)c1ccccc1. The zero-order valence-electron chi connectivity index (χ0n) is 15.9. The van der Waals surface area contributed by atoms with Crippen LogP contribution in [-0.2, 0) is 16.6 Å². The average Bonchev–Trinajstić information content (AvgIpc) is 3.13. The minimum absolute atomic E-state index is 0.260. The number of aromatic nitrogens is 1. The van der Waals surface area contributed by atoms with Crippen molar-refractivity contribution >= 4 is 27.3 Å². The van der Waals surface area contributed by atoms with E-state index in [-0.39, 0.29) is 11.4 Å². The highest BCUT2D eigenvalue weighted by Gasteiger charge is 2.12. The lowest BCUT2D eigenvalue weighted by molar-refractivity contribution is 0.580. The van der Waals surface area contributed by atoms with Gasteiger partial charge in [0.15, 0.2) is 5.96 Å². The Hall–Kier alpha value is -1.97. The quantitative estimate of drug-likeness (QED) is 0.336. The van der Waals surface area contributed by atoms with Crippen LogP contribution in [0.3, 0.4) is 0 Å². The minimum Gasteiger partial charge on any atom is -0.357 e. The first kappa shape index (κ1) is 21.3. The van der Waals surface area contributed by atoms with Crippen LogP contribution >= 0.6 is 11.3 Å². The van der Waals surface area contributed by atoms with Gasteiger partial charge in [0.2, 0.25) is 10.0 Å². The molecule has 2 rings (SSSR count). The molecule has 1 heterocycles. The second-order valence-electron chi connectivity index (χ2n) is 6.15. The van der Waals surface area contributed by atoms with E-state index in [4.69, 9.17) is 0 Å². The molecule has 0 fully saturated rings. The van der Waals surface area contributed by atoms with E-state index in [0.29, 0.717) is 25.0 Å². The lowest BCUT2D eigenvalue weighted by atomic mass is 10.2. The minimum atomic E-state index is -3.49. The fourth-order valence-corrected chi connectivity index (χ4v) is 4.13. The number of guanidine groups is 1. The number of nitrogens with one attached hydrogen (secondary N) is 3. The Balaban J connectivity index is 1.85. The Bertz CT molecular complexity index is 832. The third-order valence-electron chi connectivity index (χ3n) is 3.64. The molecule has 148 valence electrons. The molecule has 9 heteroatoms. The summed E-state index contributed by atoms with van der Waals surface area (Å²) in [6.45, 7) is 8.10. The Morgan fingerprint density at radius 1 is 1.19 bits per heavy atom. The standard InChI is InChI=1S/C18H27N5O2S2/c1-4-19-18(21-12-17-23-16(13-26-17)14(2)3)20-10-11-22-27(24,25)15-8-6-5-7-9-15/h5-9,13-14,22H,4,10-12H2,1-3H3,(H2,19,20,21). The molecule has 0 atom stereocenters. The lowest BCUT2D eigenvalue weighted by Crippen LogP contribution is -2.41. The summed E-state index contributed by atoms with van der Waals surface area (Å²) < 4.78 is 26.9. The molecule has 0 bridgehead atoms. The van der Waals surface area contributed by atoms with Gasteiger partial charge in [0.1, 0.15) is 5.01 Å². The van der Waals surface area contributed by atoms with E-state index in [0.717, 1.165) is 17.2 Å². The number of thiazole rings is 1. The zero-order chi connectivity index (χ0) is 19.7. The molecular formula is C18H27N5O2S2. The molecule has 1 aromatic heterocycles. The van der Waals surface area contributed by atoms with Crippen LogP contribution in [0, 0.1) is 0 Å². The molecule has 0 amide bonds. The normalized spacial score (nSPS) is 12.4. The smallest absolute Gasteiger partial charge is 0.240 e. The first-order valence-electron chi connectivity index (χ1n) is 8.93. The van der Waals surface area contributed by atoms with E-state index < -0.39 is 10.0 Å². The van der Waals surface area contributed by atoms with Crippen molar-refractivity contribution in [3.05, 3.63) is 46.4 Å². The van der Waals surface area contributed by atoms with E-state index in [9.17, 15) is 8.42 Å². The molecule has 0 aliphatic heterocycles. The van der Waals surface area contributed by atoms with Gasteiger partial charge in [-0.05, 0) is 25.0 Å². The van der Waals surface area contributed by atoms with Gasteiger partial charge in [-0.2, -0.15) is 0 Å². The molecule has 27 heavy (non-hydrogen) atoms. The van der Waals surface area contributed by atoms with Crippen molar-refractivity contribution in [1.29, 1.82) is 0 Å². The molecule has 0 spiro atoms. The van der Waals surface area contributed by atoms with Gasteiger partial charge in [-0.25, -0.2) is 23.1 Å². The second-order valence-corrected chi connectivity index (χ2v) is 8.86. The van der Waals surface area contributed by atoms with E-state index >= 15 is 0 Å². The van der Waals surface area contributed by atoms with Crippen LogP contribution in [0.15, 0.2) is 45.6 Å². The van der Waals surface area contributed by atoms with Crippen LogP contribution in [-0.4, -0.2) is 39.0 Å². The highest BCUT2D eigenvalue weighted by molar-refractivity contribution is 7.89. The molecule has 0 saturated carbocycles. The lowest BCUT2D eigenvalue weighted by Gasteiger charge is -2.12. The molecule has 0 unspecified atom stereocenters. The van der Waals surface area contributed by atoms with E-state index in [2.05, 4.69) is 44.6 Å². The van der Waals surface area contributed by atoms with Gasteiger partial charge < -0.3 is 10.6 Å². The predicted molar refractivity (Wildman–Crippen MR) is 111 cm³/mol. The van der Waals surface area contributed by atoms with Crippen LogP contribution in [0.1, 0.15) is 37.4 Å². The first-order chi connectivity index (χ1) is 12.9. The Kier molecular flexibility index (Phi) is 8.21. The summed E-state index contributed by atoms with van der Waals surface area (Å²) in [7, 11) is -3.49.